The Bertz CT molecular complexity index is 196. The number of unbranched alkanes of at least 4 members (excludes halogenated alkanes) is 11. The van der Waals surface area contributed by atoms with E-state index in [-0.39, 0.29) is 0 Å². The average molecular weight is 250 g/mol. The zero-order valence-corrected chi connectivity index (χ0v) is 12.8. The quantitative estimate of drug-likeness (QED) is 0.249. The largest absolute Gasteiger partial charge is 0.130 e. The van der Waals surface area contributed by atoms with Crippen LogP contribution in [0, 0.1) is 0 Å². The summed E-state index contributed by atoms with van der Waals surface area (Å²) < 4.78 is 0. The number of hydrogen-bond donors (Lipinski definition) is 0. The highest BCUT2D eigenvalue weighted by Gasteiger charge is 1.90. The summed E-state index contributed by atoms with van der Waals surface area (Å²) in [6.45, 7) is 4.52. The summed E-state index contributed by atoms with van der Waals surface area (Å²) in [5.74, 6) is 0. The van der Waals surface area contributed by atoms with E-state index in [4.69, 9.17) is 0 Å². The van der Waals surface area contributed by atoms with Crippen molar-refractivity contribution in [1.29, 1.82) is 0 Å². The lowest BCUT2D eigenvalue weighted by Gasteiger charge is -2.00. The minimum absolute atomic E-state index is 1.20. The first kappa shape index (κ1) is 17.5. The smallest absolute Gasteiger partial charge is 0.0274 e. The molecule has 0 aromatic rings. The van der Waals surface area contributed by atoms with Gasteiger partial charge in [0.25, 0.3) is 0 Å². The molecule has 0 heterocycles. The van der Waals surface area contributed by atoms with Gasteiger partial charge in [0.05, 0.1) is 0 Å². The van der Waals surface area contributed by atoms with Gasteiger partial charge in [-0.05, 0) is 37.8 Å². The zero-order valence-electron chi connectivity index (χ0n) is 12.8. The van der Waals surface area contributed by atoms with E-state index in [1.54, 1.807) is 0 Å². The molecule has 0 aliphatic carbocycles. The second-order valence-corrected chi connectivity index (χ2v) is 5.33. The predicted octanol–water partition coefficient (Wildman–Crippen LogP) is 6.81. The molecule has 106 valence electrons. The minimum Gasteiger partial charge on any atom is -0.130 e. The van der Waals surface area contributed by atoms with Crippen LogP contribution < -0.4 is 0 Å². The molecule has 0 atom stereocenters. The summed E-state index contributed by atoms with van der Waals surface area (Å²) in [5.41, 5.74) is 3.30. The van der Waals surface area contributed by atoms with E-state index < -0.39 is 0 Å². The number of hydrogen-bond acceptors (Lipinski definition) is 0. The van der Waals surface area contributed by atoms with Crippen LogP contribution in [0.5, 0.6) is 0 Å². The van der Waals surface area contributed by atoms with Gasteiger partial charge in [0.1, 0.15) is 0 Å². The van der Waals surface area contributed by atoms with Crippen molar-refractivity contribution in [2.75, 3.05) is 0 Å². The maximum Gasteiger partial charge on any atom is -0.0274 e. The first-order valence-corrected chi connectivity index (χ1v) is 8.31. The van der Waals surface area contributed by atoms with E-state index in [2.05, 4.69) is 31.7 Å². The van der Waals surface area contributed by atoms with Crippen molar-refractivity contribution in [3.8, 4) is 0 Å². The summed E-state index contributed by atoms with van der Waals surface area (Å²) in [6.07, 6.45) is 22.2. The van der Waals surface area contributed by atoms with E-state index in [0.29, 0.717) is 0 Å². The SMILES string of the molecule is CCCCC=C=CCCCCCCCCCCC. The molecule has 0 fully saturated rings. The Hall–Kier alpha value is -0.480. The van der Waals surface area contributed by atoms with Gasteiger partial charge >= 0.3 is 0 Å². The lowest BCUT2D eigenvalue weighted by atomic mass is 10.1. The van der Waals surface area contributed by atoms with E-state index in [1.165, 1.54) is 83.5 Å². The fourth-order valence-corrected chi connectivity index (χ4v) is 2.11. The molecule has 0 aliphatic heterocycles. The molecule has 0 saturated carbocycles. The zero-order chi connectivity index (χ0) is 13.3. The molecule has 0 saturated heterocycles. The van der Waals surface area contributed by atoms with Gasteiger partial charge in [-0.2, -0.15) is 0 Å². The van der Waals surface area contributed by atoms with Crippen LogP contribution in [0.4, 0.5) is 0 Å². The van der Waals surface area contributed by atoms with Crippen LogP contribution in [0.1, 0.15) is 97.3 Å². The summed E-state index contributed by atoms with van der Waals surface area (Å²) in [6, 6.07) is 0. The Balaban J connectivity index is 3.09. The van der Waals surface area contributed by atoms with Crippen LogP contribution in [0.25, 0.3) is 0 Å². The monoisotopic (exact) mass is 250 g/mol. The van der Waals surface area contributed by atoms with Crippen LogP contribution in [0.2, 0.25) is 0 Å². The highest BCUT2D eigenvalue weighted by Crippen LogP contribution is 2.10. The van der Waals surface area contributed by atoms with Gasteiger partial charge < -0.3 is 0 Å². The Morgan fingerprint density at radius 3 is 1.56 bits per heavy atom. The summed E-state index contributed by atoms with van der Waals surface area (Å²) in [7, 11) is 0. The van der Waals surface area contributed by atoms with Gasteiger partial charge in [-0.3, -0.25) is 0 Å². The molecule has 0 spiro atoms. The van der Waals surface area contributed by atoms with Gasteiger partial charge in [-0.25, -0.2) is 0 Å². The molecule has 0 N–H and O–H groups in total. The number of rotatable bonds is 13. The Morgan fingerprint density at radius 2 is 1.00 bits per heavy atom. The van der Waals surface area contributed by atoms with Crippen molar-refractivity contribution in [2.45, 2.75) is 97.3 Å². The van der Waals surface area contributed by atoms with Crippen LogP contribution in [-0.2, 0) is 0 Å². The molecule has 0 nitrogen and oxygen atoms in total. The maximum absolute atomic E-state index is 3.30. The lowest BCUT2D eigenvalue weighted by Crippen LogP contribution is -1.80. The lowest BCUT2D eigenvalue weighted by molar-refractivity contribution is 0.566. The first-order valence-electron chi connectivity index (χ1n) is 8.31. The van der Waals surface area contributed by atoms with Gasteiger partial charge in [0.15, 0.2) is 0 Å². The van der Waals surface area contributed by atoms with E-state index in [9.17, 15) is 0 Å². The minimum atomic E-state index is 1.20. The molecular formula is C18H34. The van der Waals surface area contributed by atoms with E-state index >= 15 is 0 Å². The van der Waals surface area contributed by atoms with E-state index in [1.807, 2.05) is 0 Å². The molecule has 0 aliphatic rings. The fraction of sp³-hybridized carbons (Fsp3) is 0.833. The molecule has 0 unspecified atom stereocenters. The highest BCUT2D eigenvalue weighted by molar-refractivity contribution is 4.84. The third-order valence-corrected chi connectivity index (χ3v) is 3.39. The van der Waals surface area contributed by atoms with Gasteiger partial charge in [-0.1, -0.05) is 71.6 Å². The van der Waals surface area contributed by atoms with Crippen LogP contribution in [0.3, 0.4) is 0 Å². The van der Waals surface area contributed by atoms with Crippen molar-refractivity contribution >= 4 is 0 Å². The van der Waals surface area contributed by atoms with Gasteiger partial charge in [-0.15, -0.1) is 5.73 Å². The van der Waals surface area contributed by atoms with E-state index in [0.717, 1.165) is 0 Å². The Labute approximate surface area is 116 Å². The molecule has 0 bridgehead atoms. The third kappa shape index (κ3) is 15.5. The number of allylic oxidation sites excluding steroid dienone is 1. The summed E-state index contributed by atoms with van der Waals surface area (Å²) >= 11 is 0. The molecule has 18 heavy (non-hydrogen) atoms. The second kappa shape index (κ2) is 16.5. The molecule has 0 rings (SSSR count). The van der Waals surface area contributed by atoms with Gasteiger partial charge in [0, 0.05) is 0 Å². The molecule has 0 aromatic heterocycles. The molecular weight excluding hydrogens is 216 g/mol. The second-order valence-electron chi connectivity index (χ2n) is 5.33. The molecule has 0 radical (unpaired) electrons. The average Bonchev–Trinajstić information content (AvgIpc) is 2.39. The summed E-state index contributed by atoms with van der Waals surface area (Å²) in [4.78, 5) is 0. The van der Waals surface area contributed by atoms with Crippen molar-refractivity contribution < 1.29 is 0 Å². The first-order chi connectivity index (χ1) is 8.91. The third-order valence-electron chi connectivity index (χ3n) is 3.39. The molecule has 0 heteroatoms. The Morgan fingerprint density at radius 1 is 0.556 bits per heavy atom. The van der Waals surface area contributed by atoms with Crippen LogP contribution in [0.15, 0.2) is 17.9 Å². The highest BCUT2D eigenvalue weighted by atomic mass is 14.0. The maximum atomic E-state index is 3.30. The van der Waals surface area contributed by atoms with Gasteiger partial charge in [0.2, 0.25) is 0 Å². The molecule has 0 amide bonds. The predicted molar refractivity (Wildman–Crippen MR) is 84.0 cm³/mol. The van der Waals surface area contributed by atoms with Crippen molar-refractivity contribution in [3.05, 3.63) is 17.9 Å². The van der Waals surface area contributed by atoms with Crippen molar-refractivity contribution in [1.82, 2.24) is 0 Å². The van der Waals surface area contributed by atoms with Crippen LogP contribution in [-0.4, -0.2) is 0 Å². The van der Waals surface area contributed by atoms with Crippen LogP contribution >= 0.6 is 0 Å². The normalized spacial score (nSPS) is 10.1. The standard InChI is InChI=1S/C18H34/c1-3-5-7-9-11-13-15-17-18-16-14-12-10-8-6-4-2/h9,13H,3-8,10,12,14-18H2,1-2H3. The van der Waals surface area contributed by atoms with Crippen molar-refractivity contribution in [3.63, 3.8) is 0 Å². The van der Waals surface area contributed by atoms with Crippen molar-refractivity contribution in [2.24, 2.45) is 0 Å². The fourth-order valence-electron chi connectivity index (χ4n) is 2.11. The molecule has 0 aromatic carbocycles. The summed E-state index contributed by atoms with van der Waals surface area (Å²) in [5, 5.41) is 0. The topological polar surface area (TPSA) is 0 Å². The Kier molecular flexibility index (Phi) is 16.1.